The lowest BCUT2D eigenvalue weighted by Crippen LogP contribution is -2.46. The Morgan fingerprint density at radius 3 is 3.00 bits per heavy atom. The average Bonchev–Trinajstić information content (AvgIpc) is 2.86. The largest absolute Gasteiger partial charge is 0.373 e. The minimum atomic E-state index is 0.0860. The second-order valence-corrected chi connectivity index (χ2v) is 7.03. The molecule has 3 heterocycles. The molecule has 0 bridgehead atoms. The van der Waals surface area contributed by atoms with Crippen LogP contribution in [0.4, 0.5) is 5.82 Å². The predicted molar refractivity (Wildman–Crippen MR) is 97.4 cm³/mol. The molecule has 0 unspecified atom stereocenters. The number of nitrogens with one attached hydrogen (secondary N) is 1. The molecule has 25 heavy (non-hydrogen) atoms. The quantitative estimate of drug-likeness (QED) is 0.910. The lowest BCUT2D eigenvalue weighted by atomic mass is 9.91. The molecule has 6 heteroatoms. The monoisotopic (exact) mass is 344 g/mol. The Balaban J connectivity index is 1.62. The molecule has 2 amide bonds. The SMILES string of the molecule is CNc1cc([C@@H]2CCCN(C(=O)CN3CCCCCC3=O)C2)ccn1. The van der Waals surface area contributed by atoms with Crippen LogP contribution in [0, 0.1) is 0 Å². The van der Waals surface area contributed by atoms with E-state index in [1.165, 1.54) is 5.56 Å². The minimum absolute atomic E-state index is 0.0860. The fourth-order valence-electron chi connectivity index (χ4n) is 3.78. The smallest absolute Gasteiger partial charge is 0.242 e. The van der Waals surface area contributed by atoms with Gasteiger partial charge >= 0.3 is 0 Å². The lowest BCUT2D eigenvalue weighted by molar-refractivity contribution is -0.140. The standard InChI is InChI=1S/C19H28N4O2/c1-20-17-12-15(8-9-21-17)16-6-5-11-22(13-16)19(25)14-23-10-4-2-3-7-18(23)24/h8-9,12,16H,2-7,10-11,13-14H2,1H3,(H,20,21)/t16-/m1/s1. The number of carbonyl (C=O) groups is 2. The van der Waals surface area contributed by atoms with Gasteiger partial charge in [0.15, 0.2) is 0 Å². The minimum Gasteiger partial charge on any atom is -0.373 e. The normalized spacial score (nSPS) is 21.8. The maximum absolute atomic E-state index is 12.7. The number of anilines is 1. The van der Waals surface area contributed by atoms with Crippen LogP contribution in [0.2, 0.25) is 0 Å². The highest BCUT2D eigenvalue weighted by molar-refractivity contribution is 5.85. The Labute approximate surface area is 149 Å². The molecule has 1 aromatic rings. The van der Waals surface area contributed by atoms with Crippen LogP contribution in [0.3, 0.4) is 0 Å². The Hall–Kier alpha value is -2.11. The van der Waals surface area contributed by atoms with Gasteiger partial charge in [-0.3, -0.25) is 9.59 Å². The summed E-state index contributed by atoms with van der Waals surface area (Å²) in [5.41, 5.74) is 1.22. The van der Waals surface area contributed by atoms with Crippen molar-refractivity contribution < 1.29 is 9.59 Å². The molecule has 2 aliphatic heterocycles. The van der Waals surface area contributed by atoms with E-state index in [0.717, 1.165) is 57.6 Å². The molecule has 0 spiro atoms. The highest BCUT2D eigenvalue weighted by Gasteiger charge is 2.27. The molecule has 0 saturated carbocycles. The molecule has 2 fully saturated rings. The molecule has 1 N–H and O–H groups in total. The van der Waals surface area contributed by atoms with Crippen molar-refractivity contribution in [1.82, 2.24) is 14.8 Å². The molecule has 0 radical (unpaired) electrons. The topological polar surface area (TPSA) is 65.5 Å². The zero-order chi connectivity index (χ0) is 17.6. The number of nitrogens with zero attached hydrogens (tertiary/aromatic N) is 3. The van der Waals surface area contributed by atoms with E-state index >= 15 is 0 Å². The predicted octanol–water partition coefficient (Wildman–Crippen LogP) is 2.23. The van der Waals surface area contributed by atoms with Crippen molar-refractivity contribution in [3.8, 4) is 0 Å². The van der Waals surface area contributed by atoms with Crippen molar-refractivity contribution in [3.63, 3.8) is 0 Å². The third kappa shape index (κ3) is 4.50. The van der Waals surface area contributed by atoms with E-state index in [9.17, 15) is 9.59 Å². The molecule has 2 saturated heterocycles. The van der Waals surface area contributed by atoms with Crippen LogP contribution in [0.1, 0.15) is 50.0 Å². The summed E-state index contributed by atoms with van der Waals surface area (Å²) < 4.78 is 0. The Kier molecular flexibility index (Phi) is 5.89. The zero-order valence-corrected chi connectivity index (χ0v) is 15.0. The summed E-state index contributed by atoms with van der Waals surface area (Å²) in [6.45, 7) is 2.48. The summed E-state index contributed by atoms with van der Waals surface area (Å²) in [4.78, 5) is 32.8. The Bertz CT molecular complexity index is 619. The summed E-state index contributed by atoms with van der Waals surface area (Å²) in [6, 6.07) is 4.11. The second-order valence-electron chi connectivity index (χ2n) is 7.03. The van der Waals surface area contributed by atoms with E-state index in [-0.39, 0.29) is 18.4 Å². The Morgan fingerprint density at radius 2 is 2.16 bits per heavy atom. The van der Waals surface area contributed by atoms with Crippen molar-refractivity contribution >= 4 is 17.6 Å². The molecule has 136 valence electrons. The number of hydrogen-bond donors (Lipinski definition) is 1. The maximum Gasteiger partial charge on any atom is 0.242 e. The number of pyridine rings is 1. The number of carbonyl (C=O) groups excluding carboxylic acids is 2. The van der Waals surface area contributed by atoms with Gasteiger partial charge in [0.25, 0.3) is 0 Å². The van der Waals surface area contributed by atoms with Crippen LogP contribution in [-0.4, -0.2) is 59.8 Å². The van der Waals surface area contributed by atoms with Gasteiger partial charge in [0.2, 0.25) is 11.8 Å². The first-order chi connectivity index (χ1) is 12.2. The van der Waals surface area contributed by atoms with E-state index in [0.29, 0.717) is 12.3 Å². The lowest BCUT2D eigenvalue weighted by Gasteiger charge is -2.34. The first-order valence-corrected chi connectivity index (χ1v) is 9.36. The van der Waals surface area contributed by atoms with Gasteiger partial charge < -0.3 is 15.1 Å². The molecule has 1 atom stereocenters. The summed E-state index contributed by atoms with van der Waals surface area (Å²) in [7, 11) is 1.86. The molecule has 0 aromatic carbocycles. The van der Waals surface area contributed by atoms with Crippen LogP contribution in [0.15, 0.2) is 18.3 Å². The van der Waals surface area contributed by atoms with Crippen LogP contribution in [0.25, 0.3) is 0 Å². The molecule has 3 rings (SSSR count). The summed E-state index contributed by atoms with van der Waals surface area (Å²) >= 11 is 0. The summed E-state index contributed by atoms with van der Waals surface area (Å²) in [5.74, 6) is 1.42. The van der Waals surface area contributed by atoms with Crippen LogP contribution in [0.5, 0.6) is 0 Å². The van der Waals surface area contributed by atoms with Crippen LogP contribution < -0.4 is 5.32 Å². The average molecular weight is 344 g/mol. The van der Waals surface area contributed by atoms with Crippen molar-refractivity contribution in [2.45, 2.75) is 44.4 Å². The van der Waals surface area contributed by atoms with Crippen molar-refractivity contribution in [1.29, 1.82) is 0 Å². The number of amides is 2. The van der Waals surface area contributed by atoms with Gasteiger partial charge in [-0.05, 0) is 43.4 Å². The molecule has 2 aliphatic rings. The molecular formula is C19H28N4O2. The van der Waals surface area contributed by atoms with E-state index in [1.807, 2.05) is 24.2 Å². The molecule has 6 nitrogen and oxygen atoms in total. The summed E-state index contributed by atoms with van der Waals surface area (Å²) in [6.07, 6.45) is 7.52. The van der Waals surface area contributed by atoms with Gasteiger partial charge in [-0.1, -0.05) is 6.42 Å². The fraction of sp³-hybridized carbons (Fsp3) is 0.632. The highest BCUT2D eigenvalue weighted by atomic mass is 16.2. The number of aromatic nitrogens is 1. The van der Waals surface area contributed by atoms with Gasteiger partial charge in [-0.2, -0.15) is 0 Å². The molecule has 1 aromatic heterocycles. The number of rotatable bonds is 4. The highest BCUT2D eigenvalue weighted by Crippen LogP contribution is 2.28. The third-order valence-electron chi connectivity index (χ3n) is 5.28. The van der Waals surface area contributed by atoms with Crippen LogP contribution in [-0.2, 0) is 9.59 Å². The second kappa shape index (κ2) is 8.32. The van der Waals surface area contributed by atoms with Gasteiger partial charge in [0.1, 0.15) is 5.82 Å². The third-order valence-corrected chi connectivity index (χ3v) is 5.28. The Morgan fingerprint density at radius 1 is 1.28 bits per heavy atom. The van der Waals surface area contributed by atoms with E-state index in [2.05, 4.69) is 16.4 Å². The summed E-state index contributed by atoms with van der Waals surface area (Å²) in [5, 5.41) is 3.07. The van der Waals surface area contributed by atoms with Crippen molar-refractivity contribution in [2.75, 3.05) is 38.5 Å². The maximum atomic E-state index is 12.7. The van der Waals surface area contributed by atoms with Gasteiger partial charge in [0, 0.05) is 45.2 Å². The van der Waals surface area contributed by atoms with Crippen molar-refractivity contribution in [2.24, 2.45) is 0 Å². The van der Waals surface area contributed by atoms with Crippen molar-refractivity contribution in [3.05, 3.63) is 23.9 Å². The fourth-order valence-corrected chi connectivity index (χ4v) is 3.78. The van der Waals surface area contributed by atoms with E-state index in [4.69, 9.17) is 0 Å². The number of likely N-dealkylation sites (tertiary alicyclic amines) is 2. The first kappa shape index (κ1) is 17.7. The van der Waals surface area contributed by atoms with E-state index < -0.39 is 0 Å². The van der Waals surface area contributed by atoms with Crippen LogP contribution >= 0.6 is 0 Å². The number of hydrogen-bond acceptors (Lipinski definition) is 4. The first-order valence-electron chi connectivity index (χ1n) is 9.36. The molecular weight excluding hydrogens is 316 g/mol. The van der Waals surface area contributed by atoms with E-state index in [1.54, 1.807) is 4.90 Å². The van der Waals surface area contributed by atoms with Gasteiger partial charge in [-0.25, -0.2) is 4.98 Å². The van der Waals surface area contributed by atoms with Gasteiger partial charge in [-0.15, -0.1) is 0 Å². The number of piperidine rings is 1. The zero-order valence-electron chi connectivity index (χ0n) is 15.0. The molecule has 0 aliphatic carbocycles. The van der Waals surface area contributed by atoms with Gasteiger partial charge in [0.05, 0.1) is 6.54 Å².